The monoisotopic (exact) mass is 387 g/mol. The Labute approximate surface area is 162 Å². The number of benzene rings is 1. The van der Waals surface area contributed by atoms with E-state index in [4.69, 9.17) is 9.47 Å². The molecule has 0 N–H and O–H groups in total. The molecule has 0 atom stereocenters. The summed E-state index contributed by atoms with van der Waals surface area (Å²) in [6.07, 6.45) is 1.77. The van der Waals surface area contributed by atoms with Crippen molar-refractivity contribution >= 4 is 14.0 Å². The van der Waals surface area contributed by atoms with E-state index in [0.717, 1.165) is 23.9 Å². The van der Waals surface area contributed by atoms with Crippen LogP contribution in [0.4, 0.5) is 0 Å². The molecule has 3 rings (SSSR count). The minimum atomic E-state index is -1.10. The van der Waals surface area contributed by atoms with Crippen LogP contribution in [0.2, 0.25) is 25.7 Å². The Morgan fingerprint density at radius 3 is 2.74 bits per heavy atom. The van der Waals surface area contributed by atoms with Crippen molar-refractivity contribution in [1.82, 2.24) is 14.7 Å². The summed E-state index contributed by atoms with van der Waals surface area (Å²) in [5.74, 6) is 0.0533. The predicted molar refractivity (Wildman–Crippen MR) is 108 cm³/mol. The van der Waals surface area contributed by atoms with Crippen LogP contribution in [0.3, 0.4) is 0 Å². The number of carbonyl (C=O) groups excluding carboxylic acids is 1. The number of carbonyl (C=O) groups is 1. The van der Waals surface area contributed by atoms with Crippen molar-refractivity contribution < 1.29 is 14.3 Å². The first-order valence-corrected chi connectivity index (χ1v) is 13.2. The fourth-order valence-electron chi connectivity index (χ4n) is 2.97. The first-order chi connectivity index (χ1) is 12.9. The van der Waals surface area contributed by atoms with E-state index in [1.54, 1.807) is 6.20 Å². The zero-order valence-electron chi connectivity index (χ0n) is 16.5. The highest BCUT2D eigenvalue weighted by molar-refractivity contribution is 6.76. The minimum Gasteiger partial charge on any atom is -0.378 e. The average Bonchev–Trinajstić information content (AvgIpc) is 3.13. The second kappa shape index (κ2) is 8.82. The molecule has 0 spiro atoms. The summed E-state index contributed by atoms with van der Waals surface area (Å²) < 4.78 is 13.0. The fraction of sp³-hybridized carbons (Fsp3) is 0.500. The molecule has 1 aliphatic heterocycles. The molecule has 1 fully saturated rings. The Bertz CT molecular complexity index is 764. The van der Waals surface area contributed by atoms with Gasteiger partial charge in [-0.05, 0) is 24.2 Å². The first kappa shape index (κ1) is 19.8. The molecular weight excluding hydrogens is 358 g/mol. The first-order valence-electron chi connectivity index (χ1n) is 9.51. The van der Waals surface area contributed by atoms with Crippen molar-refractivity contribution in [3.63, 3.8) is 0 Å². The van der Waals surface area contributed by atoms with Crippen molar-refractivity contribution in [1.29, 1.82) is 0 Å². The summed E-state index contributed by atoms with van der Waals surface area (Å²) in [4.78, 5) is 14.6. The average molecular weight is 388 g/mol. The maximum Gasteiger partial charge on any atom is 0.254 e. The lowest BCUT2D eigenvalue weighted by Gasteiger charge is -2.27. The molecule has 7 heteroatoms. The van der Waals surface area contributed by atoms with Gasteiger partial charge in [-0.25, -0.2) is 4.68 Å². The van der Waals surface area contributed by atoms with Gasteiger partial charge in [0, 0.05) is 45.1 Å². The van der Waals surface area contributed by atoms with Crippen LogP contribution in [0, 0.1) is 0 Å². The van der Waals surface area contributed by atoms with E-state index in [9.17, 15) is 4.79 Å². The molecule has 1 amide bonds. The van der Waals surface area contributed by atoms with Crippen molar-refractivity contribution in [3.8, 4) is 11.3 Å². The number of morpholine rings is 1. The highest BCUT2D eigenvalue weighted by Crippen LogP contribution is 2.21. The minimum absolute atomic E-state index is 0.0533. The van der Waals surface area contributed by atoms with Gasteiger partial charge in [-0.3, -0.25) is 4.79 Å². The lowest BCUT2D eigenvalue weighted by atomic mass is 10.1. The van der Waals surface area contributed by atoms with Gasteiger partial charge in [0.1, 0.15) is 6.73 Å². The number of nitrogens with zero attached hydrogens (tertiary/aromatic N) is 3. The molecule has 0 saturated carbocycles. The Balaban J connectivity index is 1.68. The van der Waals surface area contributed by atoms with Gasteiger partial charge in [0.2, 0.25) is 0 Å². The van der Waals surface area contributed by atoms with Crippen molar-refractivity contribution in [3.05, 3.63) is 42.1 Å². The van der Waals surface area contributed by atoms with Gasteiger partial charge in [0.05, 0.1) is 18.9 Å². The van der Waals surface area contributed by atoms with E-state index in [1.807, 2.05) is 39.9 Å². The van der Waals surface area contributed by atoms with Gasteiger partial charge < -0.3 is 14.4 Å². The molecule has 146 valence electrons. The maximum atomic E-state index is 12.7. The number of hydrogen-bond donors (Lipinski definition) is 0. The van der Waals surface area contributed by atoms with E-state index in [0.29, 0.717) is 38.6 Å². The van der Waals surface area contributed by atoms with E-state index < -0.39 is 8.07 Å². The van der Waals surface area contributed by atoms with Crippen LogP contribution >= 0.6 is 0 Å². The number of rotatable bonds is 7. The highest BCUT2D eigenvalue weighted by atomic mass is 28.3. The second-order valence-electron chi connectivity index (χ2n) is 8.05. The summed E-state index contributed by atoms with van der Waals surface area (Å²) in [6, 6.07) is 10.8. The van der Waals surface area contributed by atoms with E-state index in [-0.39, 0.29) is 5.91 Å². The summed E-state index contributed by atoms with van der Waals surface area (Å²) >= 11 is 0. The van der Waals surface area contributed by atoms with Crippen LogP contribution in [-0.4, -0.2) is 61.6 Å². The molecule has 6 nitrogen and oxygen atoms in total. The van der Waals surface area contributed by atoms with Crippen LogP contribution in [0.25, 0.3) is 11.3 Å². The molecule has 2 heterocycles. The van der Waals surface area contributed by atoms with E-state index in [2.05, 4.69) is 24.7 Å². The number of amides is 1. The molecule has 1 aromatic carbocycles. The van der Waals surface area contributed by atoms with Gasteiger partial charge in [-0.2, -0.15) is 5.10 Å². The Hall–Kier alpha value is -1.96. The summed E-state index contributed by atoms with van der Waals surface area (Å²) in [5.41, 5.74) is 2.63. The topological polar surface area (TPSA) is 56.6 Å². The summed E-state index contributed by atoms with van der Waals surface area (Å²) in [7, 11) is -1.10. The quantitative estimate of drug-likeness (QED) is 0.540. The van der Waals surface area contributed by atoms with Crippen LogP contribution < -0.4 is 0 Å². The molecule has 1 aromatic heterocycles. The van der Waals surface area contributed by atoms with Gasteiger partial charge in [0.25, 0.3) is 5.91 Å². The third kappa shape index (κ3) is 5.51. The largest absolute Gasteiger partial charge is 0.378 e. The zero-order valence-corrected chi connectivity index (χ0v) is 17.5. The van der Waals surface area contributed by atoms with E-state index in [1.165, 1.54) is 0 Å². The molecule has 2 aromatic rings. The number of aromatic nitrogens is 2. The van der Waals surface area contributed by atoms with Crippen molar-refractivity contribution in [2.24, 2.45) is 0 Å². The molecule has 1 saturated heterocycles. The van der Waals surface area contributed by atoms with Gasteiger partial charge >= 0.3 is 0 Å². The lowest BCUT2D eigenvalue weighted by molar-refractivity contribution is 0.0303. The maximum absolute atomic E-state index is 12.7. The SMILES string of the molecule is C[Si](C)(C)CCOCn1nccc1-c1cccc(C(=O)N2CCOCC2)c1. The summed E-state index contributed by atoms with van der Waals surface area (Å²) in [5, 5.41) is 4.38. The van der Waals surface area contributed by atoms with Crippen molar-refractivity contribution in [2.45, 2.75) is 32.4 Å². The van der Waals surface area contributed by atoms with Crippen molar-refractivity contribution in [2.75, 3.05) is 32.9 Å². The smallest absolute Gasteiger partial charge is 0.254 e. The Kier molecular flexibility index (Phi) is 6.46. The molecule has 0 bridgehead atoms. The summed E-state index contributed by atoms with van der Waals surface area (Å²) in [6.45, 7) is 10.7. The molecule has 27 heavy (non-hydrogen) atoms. The fourth-order valence-corrected chi connectivity index (χ4v) is 3.73. The van der Waals surface area contributed by atoms with Gasteiger partial charge in [-0.15, -0.1) is 0 Å². The Morgan fingerprint density at radius 2 is 2.00 bits per heavy atom. The Morgan fingerprint density at radius 1 is 1.22 bits per heavy atom. The zero-order chi connectivity index (χ0) is 19.3. The van der Waals surface area contributed by atoms with Crippen LogP contribution in [-0.2, 0) is 16.2 Å². The van der Waals surface area contributed by atoms with E-state index >= 15 is 0 Å². The number of ether oxygens (including phenoxy) is 2. The molecular formula is C20H29N3O3Si. The van der Waals surface area contributed by atoms with Gasteiger partial charge in [-0.1, -0.05) is 31.8 Å². The molecule has 0 aliphatic carbocycles. The molecule has 1 aliphatic rings. The number of hydrogen-bond acceptors (Lipinski definition) is 4. The standard InChI is InChI=1S/C20H29N3O3Si/c1-27(2,3)14-13-26-16-23-19(7-8-21-23)17-5-4-6-18(15-17)20(24)22-9-11-25-12-10-22/h4-8,15H,9-14,16H2,1-3H3. The predicted octanol–water partition coefficient (Wildman–Crippen LogP) is 3.33. The highest BCUT2D eigenvalue weighted by Gasteiger charge is 2.19. The lowest BCUT2D eigenvalue weighted by Crippen LogP contribution is -2.40. The third-order valence-electron chi connectivity index (χ3n) is 4.63. The second-order valence-corrected chi connectivity index (χ2v) is 13.7. The normalized spacial score (nSPS) is 15.1. The molecule has 0 unspecified atom stereocenters. The third-order valence-corrected chi connectivity index (χ3v) is 6.33. The molecule has 0 radical (unpaired) electrons. The van der Waals surface area contributed by atoms with Crippen LogP contribution in [0.5, 0.6) is 0 Å². The van der Waals surface area contributed by atoms with Crippen LogP contribution in [0.1, 0.15) is 10.4 Å². The van der Waals surface area contributed by atoms with Crippen LogP contribution in [0.15, 0.2) is 36.5 Å². The van der Waals surface area contributed by atoms with Gasteiger partial charge in [0.15, 0.2) is 0 Å².